The molecule has 2 aliphatic heterocycles. The molecule has 0 unspecified atom stereocenters. The number of benzene rings is 1. The van der Waals surface area contributed by atoms with E-state index in [4.69, 9.17) is 17.0 Å². The normalized spacial score (nSPS) is 20.1. The molecule has 0 spiro atoms. The van der Waals surface area contributed by atoms with Gasteiger partial charge in [0, 0.05) is 19.3 Å². The number of nitrogens with one attached hydrogen (secondary N) is 1. The van der Waals surface area contributed by atoms with Crippen LogP contribution in [0.15, 0.2) is 30.6 Å². The molecule has 154 valence electrons. The lowest BCUT2D eigenvalue weighted by atomic mass is 10.0. The zero-order chi connectivity index (χ0) is 20.4. The van der Waals surface area contributed by atoms with E-state index in [0.29, 0.717) is 29.5 Å². The molecule has 8 nitrogen and oxygen atoms in total. The fourth-order valence-corrected chi connectivity index (χ4v) is 3.88. The van der Waals surface area contributed by atoms with Gasteiger partial charge in [0.05, 0.1) is 41.7 Å². The van der Waals surface area contributed by atoms with Gasteiger partial charge < -0.3 is 15.0 Å². The number of nitrogens with zero attached hydrogens (tertiary/aromatic N) is 5. The number of anilines is 2. The predicted molar refractivity (Wildman–Crippen MR) is 111 cm³/mol. The van der Waals surface area contributed by atoms with Crippen molar-refractivity contribution in [1.82, 2.24) is 20.3 Å². The monoisotopic (exact) mass is 418 g/mol. The van der Waals surface area contributed by atoms with E-state index in [9.17, 15) is 9.18 Å². The number of amides is 1. The fourth-order valence-electron chi connectivity index (χ4n) is 3.80. The van der Waals surface area contributed by atoms with Crippen LogP contribution in [0.3, 0.4) is 0 Å². The quantitative estimate of drug-likeness (QED) is 0.748. The highest BCUT2D eigenvalue weighted by molar-refractivity contribution is 7.80. The standard InChI is InChI=1S/C19H23FN6O2S/c1-13(29)21-11-16-12-25(19(27)28-16)15-2-3-18(17(20)10-15)24-7-4-14(5-8-24)26-9-6-22-23-26/h2-3,6,9-10,14,16H,4-5,7-8,11-12H2,1H3,(H,21,29)/t16-/m0/s1. The second kappa shape index (κ2) is 8.32. The molecule has 2 aliphatic rings. The summed E-state index contributed by atoms with van der Waals surface area (Å²) in [6.45, 7) is 4.04. The zero-order valence-electron chi connectivity index (χ0n) is 16.1. The van der Waals surface area contributed by atoms with Gasteiger partial charge in [0.2, 0.25) is 0 Å². The third-order valence-electron chi connectivity index (χ3n) is 5.32. The van der Waals surface area contributed by atoms with Crippen LogP contribution in [0.25, 0.3) is 0 Å². The molecule has 0 radical (unpaired) electrons. The van der Waals surface area contributed by atoms with Crippen LogP contribution < -0.4 is 15.1 Å². The van der Waals surface area contributed by atoms with Crippen molar-refractivity contribution in [3.05, 3.63) is 36.4 Å². The molecule has 2 fully saturated rings. The highest BCUT2D eigenvalue weighted by Gasteiger charge is 2.33. The lowest BCUT2D eigenvalue weighted by molar-refractivity contribution is 0.143. The van der Waals surface area contributed by atoms with Gasteiger partial charge in [-0.05, 0) is 38.0 Å². The van der Waals surface area contributed by atoms with Crippen LogP contribution in [0, 0.1) is 5.82 Å². The van der Waals surface area contributed by atoms with Crippen LogP contribution in [0.1, 0.15) is 25.8 Å². The summed E-state index contributed by atoms with van der Waals surface area (Å²) in [7, 11) is 0. The molecule has 1 aromatic heterocycles. The van der Waals surface area contributed by atoms with E-state index >= 15 is 0 Å². The van der Waals surface area contributed by atoms with Gasteiger partial charge in [-0.2, -0.15) is 0 Å². The molecule has 4 rings (SSSR count). The molecular weight excluding hydrogens is 395 g/mol. The van der Waals surface area contributed by atoms with E-state index in [0.717, 1.165) is 25.9 Å². The minimum atomic E-state index is -0.473. The van der Waals surface area contributed by atoms with Crippen molar-refractivity contribution in [1.29, 1.82) is 0 Å². The minimum absolute atomic E-state index is 0.289. The summed E-state index contributed by atoms with van der Waals surface area (Å²) in [6.07, 6.45) is 4.49. The first kappa shape index (κ1) is 19.6. The van der Waals surface area contributed by atoms with E-state index in [1.807, 2.05) is 15.8 Å². The maximum Gasteiger partial charge on any atom is 0.414 e. The van der Waals surface area contributed by atoms with Gasteiger partial charge in [0.15, 0.2) is 0 Å². The first-order chi connectivity index (χ1) is 14.0. The number of piperidine rings is 1. The van der Waals surface area contributed by atoms with E-state index < -0.39 is 6.09 Å². The van der Waals surface area contributed by atoms with E-state index in [-0.39, 0.29) is 18.0 Å². The number of hydrogen-bond acceptors (Lipinski definition) is 6. The summed E-state index contributed by atoms with van der Waals surface area (Å²) < 4.78 is 22.1. The summed E-state index contributed by atoms with van der Waals surface area (Å²) in [4.78, 5) is 16.3. The van der Waals surface area contributed by atoms with Crippen molar-refractivity contribution >= 4 is 34.7 Å². The Labute approximate surface area is 173 Å². The van der Waals surface area contributed by atoms with Crippen LogP contribution in [-0.4, -0.2) is 58.4 Å². The Bertz CT molecular complexity index is 885. The number of aromatic nitrogens is 3. The second-order valence-corrected chi connectivity index (χ2v) is 7.90. The van der Waals surface area contributed by atoms with Gasteiger partial charge in [0.1, 0.15) is 11.9 Å². The Morgan fingerprint density at radius 3 is 2.83 bits per heavy atom. The number of rotatable bonds is 5. The lowest BCUT2D eigenvalue weighted by Crippen LogP contribution is -2.35. The average Bonchev–Trinajstić information content (AvgIpc) is 3.36. The minimum Gasteiger partial charge on any atom is -0.442 e. The highest BCUT2D eigenvalue weighted by Crippen LogP contribution is 2.31. The molecule has 0 aliphatic carbocycles. The largest absolute Gasteiger partial charge is 0.442 e. The van der Waals surface area contributed by atoms with Crippen molar-refractivity contribution < 1.29 is 13.9 Å². The third-order valence-corrected chi connectivity index (χ3v) is 5.46. The van der Waals surface area contributed by atoms with Crippen molar-refractivity contribution in [3.8, 4) is 0 Å². The Morgan fingerprint density at radius 1 is 1.38 bits per heavy atom. The molecular formula is C19H23FN6O2S. The van der Waals surface area contributed by atoms with Crippen molar-refractivity contribution in [2.24, 2.45) is 0 Å². The summed E-state index contributed by atoms with van der Waals surface area (Å²) in [5.74, 6) is -0.342. The number of cyclic esters (lactones) is 1. The molecule has 0 bridgehead atoms. The average molecular weight is 418 g/mol. The van der Waals surface area contributed by atoms with Gasteiger partial charge in [-0.1, -0.05) is 17.4 Å². The zero-order valence-corrected chi connectivity index (χ0v) is 16.9. The number of ether oxygens (including phenoxy) is 1. The Hall–Kier alpha value is -2.75. The molecule has 3 heterocycles. The van der Waals surface area contributed by atoms with Gasteiger partial charge in [0.25, 0.3) is 0 Å². The van der Waals surface area contributed by atoms with E-state index in [2.05, 4.69) is 15.6 Å². The van der Waals surface area contributed by atoms with Crippen molar-refractivity contribution in [3.63, 3.8) is 0 Å². The van der Waals surface area contributed by atoms with Crippen LogP contribution in [-0.2, 0) is 4.74 Å². The summed E-state index contributed by atoms with van der Waals surface area (Å²) in [5.41, 5.74) is 1.04. The number of hydrogen-bond donors (Lipinski definition) is 1. The molecule has 1 aromatic carbocycles. The number of carbonyl (C=O) groups is 1. The van der Waals surface area contributed by atoms with E-state index in [1.54, 1.807) is 25.3 Å². The molecule has 2 saturated heterocycles. The van der Waals surface area contributed by atoms with Crippen LogP contribution in [0.2, 0.25) is 0 Å². The van der Waals surface area contributed by atoms with Crippen molar-refractivity contribution in [2.75, 3.05) is 36.0 Å². The van der Waals surface area contributed by atoms with Crippen LogP contribution in [0.4, 0.5) is 20.6 Å². The number of carbonyl (C=O) groups excluding carboxylic acids is 1. The van der Waals surface area contributed by atoms with Gasteiger partial charge in [-0.25, -0.2) is 13.9 Å². The van der Waals surface area contributed by atoms with Gasteiger partial charge >= 0.3 is 6.09 Å². The van der Waals surface area contributed by atoms with Crippen LogP contribution >= 0.6 is 12.2 Å². The second-order valence-electron chi connectivity index (χ2n) is 7.29. The number of thiocarbonyl (C=S) groups is 1. The molecule has 1 atom stereocenters. The van der Waals surface area contributed by atoms with Gasteiger partial charge in [-0.3, -0.25) is 4.90 Å². The molecule has 1 N–H and O–H groups in total. The van der Waals surface area contributed by atoms with Crippen molar-refractivity contribution in [2.45, 2.75) is 31.9 Å². The maximum absolute atomic E-state index is 14.9. The Balaban J connectivity index is 1.39. The van der Waals surface area contributed by atoms with Crippen LogP contribution in [0.5, 0.6) is 0 Å². The fraction of sp³-hybridized carbons (Fsp3) is 0.474. The van der Waals surface area contributed by atoms with E-state index in [1.165, 1.54) is 11.0 Å². The molecule has 0 saturated carbocycles. The first-order valence-corrected chi connectivity index (χ1v) is 10.0. The van der Waals surface area contributed by atoms with Gasteiger partial charge in [-0.15, -0.1) is 5.10 Å². The first-order valence-electron chi connectivity index (χ1n) is 9.64. The third kappa shape index (κ3) is 4.31. The SMILES string of the molecule is CC(=S)NC[C@H]1CN(c2ccc(N3CCC(n4ccnn4)CC3)c(F)c2)C(=O)O1. The molecule has 2 aromatic rings. The number of halogens is 1. The highest BCUT2D eigenvalue weighted by atomic mass is 32.1. The smallest absolute Gasteiger partial charge is 0.414 e. The Kier molecular flexibility index (Phi) is 5.61. The summed E-state index contributed by atoms with van der Waals surface area (Å²) in [5, 5.41) is 10.9. The predicted octanol–water partition coefficient (Wildman–Crippen LogP) is 2.52. The molecule has 10 heteroatoms. The maximum atomic E-state index is 14.9. The topological polar surface area (TPSA) is 75.5 Å². The molecule has 29 heavy (non-hydrogen) atoms. The lowest BCUT2D eigenvalue weighted by Gasteiger charge is -2.33. The summed E-state index contributed by atoms with van der Waals surface area (Å²) >= 11 is 4.98. The molecule has 1 amide bonds. The Morgan fingerprint density at radius 2 is 2.17 bits per heavy atom. The summed E-state index contributed by atoms with van der Waals surface area (Å²) in [6, 6.07) is 5.20.